The highest BCUT2D eigenvalue weighted by Crippen LogP contribution is 1.79. The van der Waals surface area contributed by atoms with Crippen LogP contribution in [0.15, 0.2) is 18.7 Å². The third-order valence-electron chi connectivity index (χ3n) is 1.66. The minimum atomic E-state index is -1.79. The first-order chi connectivity index (χ1) is 7.17. The van der Waals surface area contributed by atoms with Crippen molar-refractivity contribution in [2.75, 3.05) is 0 Å². The molecule has 0 unspecified atom stereocenters. The smallest absolute Gasteiger partial charge is 0.247 e. The van der Waals surface area contributed by atoms with Crippen molar-refractivity contribution in [3.05, 3.63) is 18.7 Å². The van der Waals surface area contributed by atoms with E-state index in [1.165, 1.54) is 0 Å². The molecule has 0 saturated carbocycles. The minimum absolute atomic E-state index is 1.06. The molecule has 0 aliphatic carbocycles. The van der Waals surface area contributed by atoms with Crippen molar-refractivity contribution in [1.82, 2.24) is 4.57 Å². The molecule has 6 heteroatoms. The van der Waals surface area contributed by atoms with Gasteiger partial charge in [-0.25, -0.2) is 24.9 Å². The zero-order valence-electron chi connectivity index (χ0n) is 8.88. The molecule has 0 saturated heterocycles. The van der Waals surface area contributed by atoms with Crippen LogP contribution in [0.5, 0.6) is 0 Å². The van der Waals surface area contributed by atoms with Crippen LogP contribution in [-0.2, 0) is 13.6 Å². The van der Waals surface area contributed by atoms with Gasteiger partial charge in [0.2, 0.25) is 6.33 Å². The molecule has 0 aliphatic rings. The van der Waals surface area contributed by atoms with Crippen molar-refractivity contribution in [3.8, 4) is 17.9 Å². The van der Waals surface area contributed by atoms with E-state index in [2.05, 4.69) is 24.0 Å². The number of hydrogen-bond acceptors (Lipinski definition) is 3. The van der Waals surface area contributed by atoms with Gasteiger partial charge in [-0.05, 0) is 6.92 Å². The highest BCUT2D eigenvalue weighted by molar-refractivity contribution is 6.81. The molecule has 1 heterocycles. The fourth-order valence-corrected chi connectivity index (χ4v) is 0.795. The summed E-state index contributed by atoms with van der Waals surface area (Å²) in [7, 11) is 2.02. The van der Waals surface area contributed by atoms with Gasteiger partial charge in [0.25, 0.3) is 6.71 Å². The molecule has 1 rings (SSSR count). The van der Waals surface area contributed by atoms with E-state index >= 15 is 0 Å². The van der Waals surface area contributed by atoms with Gasteiger partial charge in [-0.2, -0.15) is 0 Å². The summed E-state index contributed by atoms with van der Waals surface area (Å²) >= 11 is 0. The van der Waals surface area contributed by atoms with E-state index in [4.69, 9.17) is 15.8 Å². The Kier molecular flexibility index (Phi) is 6.10. The van der Waals surface area contributed by atoms with Gasteiger partial charge in [-0.15, -0.1) is 17.9 Å². The van der Waals surface area contributed by atoms with Crippen LogP contribution in [0.1, 0.15) is 6.92 Å². The highest BCUT2D eigenvalue weighted by atomic mass is 15.1. The van der Waals surface area contributed by atoms with E-state index < -0.39 is 6.71 Å². The number of nitriles is 3. The van der Waals surface area contributed by atoms with Gasteiger partial charge >= 0.3 is 0 Å². The fourth-order valence-electron chi connectivity index (χ4n) is 0.795. The maximum Gasteiger partial charge on any atom is 0.286 e. The zero-order chi connectivity index (χ0) is 11.7. The van der Waals surface area contributed by atoms with Crippen LogP contribution < -0.4 is 4.57 Å². The molecule has 15 heavy (non-hydrogen) atoms. The lowest BCUT2D eigenvalue weighted by Crippen LogP contribution is -2.23. The Bertz CT molecular complexity index is 384. The Labute approximate surface area is 89.5 Å². The molecule has 0 N–H and O–H groups in total. The van der Waals surface area contributed by atoms with E-state index in [0.29, 0.717) is 0 Å². The first kappa shape index (κ1) is 12.7. The Balaban J connectivity index is 0.000000265. The van der Waals surface area contributed by atoms with Crippen molar-refractivity contribution in [2.24, 2.45) is 7.05 Å². The number of nitrogens with zero attached hydrogens (tertiary/aromatic N) is 5. The summed E-state index contributed by atoms with van der Waals surface area (Å²) in [5.41, 5.74) is 0. The van der Waals surface area contributed by atoms with Gasteiger partial charge in [0.05, 0.1) is 13.6 Å². The van der Waals surface area contributed by atoms with Gasteiger partial charge in [0.1, 0.15) is 12.4 Å². The first-order valence-electron chi connectivity index (χ1n) is 4.57. The second kappa shape index (κ2) is 7.18. The standard InChI is InChI=1S/C6H11N2.C3HBN3/c1-3-8-5-4-7(2)6-8;5-1-4(2-6)3-7/h4-6H,3H2,1-2H3;4H/q+1;-1. The Hall–Kier alpha value is -2.26. The van der Waals surface area contributed by atoms with Gasteiger partial charge < -0.3 is 0 Å². The van der Waals surface area contributed by atoms with E-state index in [1.807, 2.05) is 17.8 Å². The van der Waals surface area contributed by atoms with E-state index in [0.717, 1.165) is 6.54 Å². The van der Waals surface area contributed by atoms with Crippen LogP contribution in [0.3, 0.4) is 0 Å². The number of aromatic nitrogens is 2. The maximum atomic E-state index is 7.87. The predicted octanol–water partition coefficient (Wildman–Crippen LogP) is -0.266. The number of imidazole rings is 1. The number of hydrogen-bond donors (Lipinski definition) is 0. The highest BCUT2D eigenvalue weighted by Gasteiger charge is 1.92. The molecule has 0 bridgehead atoms. The predicted molar refractivity (Wildman–Crippen MR) is 55.3 cm³/mol. The summed E-state index contributed by atoms with van der Waals surface area (Å²) in [6.45, 7) is 1.39. The Morgan fingerprint density at radius 1 is 1.27 bits per heavy atom. The van der Waals surface area contributed by atoms with E-state index in [9.17, 15) is 0 Å². The molecule has 0 spiro atoms. The van der Waals surface area contributed by atoms with Crippen LogP contribution in [-0.4, -0.2) is 11.3 Å². The van der Waals surface area contributed by atoms with Crippen molar-refractivity contribution in [2.45, 2.75) is 13.5 Å². The molecule has 76 valence electrons. The van der Waals surface area contributed by atoms with Gasteiger partial charge in [-0.1, -0.05) is 0 Å². The molecule has 1 aromatic heterocycles. The Morgan fingerprint density at radius 2 is 1.80 bits per heavy atom. The summed E-state index contributed by atoms with van der Waals surface area (Å²) in [4.78, 5) is 0. The van der Waals surface area contributed by atoms with Crippen molar-refractivity contribution in [1.29, 1.82) is 15.8 Å². The first-order valence-corrected chi connectivity index (χ1v) is 4.57. The second-order valence-electron chi connectivity index (χ2n) is 2.91. The van der Waals surface area contributed by atoms with Crippen LogP contribution in [0.4, 0.5) is 0 Å². The van der Waals surface area contributed by atoms with Gasteiger partial charge in [-0.3, -0.25) is 0 Å². The number of rotatable bonds is 1. The van der Waals surface area contributed by atoms with Crippen molar-refractivity contribution < 1.29 is 4.57 Å². The summed E-state index contributed by atoms with van der Waals surface area (Å²) in [6.07, 6.45) is 6.14. The topological polar surface area (TPSA) is 80.2 Å². The lowest BCUT2D eigenvalue weighted by molar-refractivity contribution is -0.671. The molecule has 5 nitrogen and oxygen atoms in total. The fraction of sp³-hybridized carbons (Fsp3) is 0.333. The molecular weight excluding hydrogens is 189 g/mol. The second-order valence-corrected chi connectivity index (χ2v) is 2.91. The average molecular weight is 201 g/mol. The van der Waals surface area contributed by atoms with Gasteiger partial charge in [0, 0.05) is 0 Å². The summed E-state index contributed by atoms with van der Waals surface area (Å²) in [6, 6.07) is 0. The molecule has 0 fully saturated rings. The lowest BCUT2D eigenvalue weighted by Gasteiger charge is -1.81. The maximum absolute atomic E-state index is 7.87. The quantitative estimate of drug-likeness (QED) is 0.463. The molecule has 1 aromatic rings. The monoisotopic (exact) mass is 201 g/mol. The molecule has 0 amide bonds. The summed E-state index contributed by atoms with van der Waals surface area (Å²) in [5.74, 6) is 4.69. The van der Waals surface area contributed by atoms with Gasteiger partial charge in [0.15, 0.2) is 0 Å². The van der Waals surface area contributed by atoms with Crippen LogP contribution in [0.25, 0.3) is 0 Å². The van der Waals surface area contributed by atoms with Crippen LogP contribution in [0, 0.1) is 33.7 Å². The summed E-state index contributed by atoms with van der Waals surface area (Å²) < 4.78 is 4.16. The Morgan fingerprint density at radius 3 is 1.93 bits per heavy atom. The largest absolute Gasteiger partial charge is 0.286 e. The molecular formula is C9H12BN5. The molecule has 0 aliphatic heterocycles. The van der Waals surface area contributed by atoms with Crippen LogP contribution in [0.2, 0.25) is 0 Å². The normalized spacial score (nSPS) is 8.00. The lowest BCUT2D eigenvalue weighted by atomic mass is 9.55. The minimum Gasteiger partial charge on any atom is -0.247 e. The van der Waals surface area contributed by atoms with E-state index in [1.54, 1.807) is 17.9 Å². The SMILES string of the molecule is CCn1cc[n+](C)c1.N#C[BH-](C#N)C#N. The van der Waals surface area contributed by atoms with Crippen LogP contribution >= 0.6 is 0 Å². The summed E-state index contributed by atoms with van der Waals surface area (Å²) in [5, 5.41) is 23.6. The molecule has 0 radical (unpaired) electrons. The molecule has 0 aromatic carbocycles. The van der Waals surface area contributed by atoms with Crippen molar-refractivity contribution in [3.63, 3.8) is 0 Å². The zero-order valence-corrected chi connectivity index (χ0v) is 8.88. The van der Waals surface area contributed by atoms with E-state index in [-0.39, 0.29) is 0 Å². The third kappa shape index (κ3) is 5.13. The molecule has 0 atom stereocenters. The average Bonchev–Trinajstić information content (AvgIpc) is 2.68. The third-order valence-corrected chi connectivity index (χ3v) is 1.66. The number of aryl methyl sites for hydroxylation is 2. The van der Waals surface area contributed by atoms with Crippen molar-refractivity contribution >= 4 is 6.71 Å².